The summed E-state index contributed by atoms with van der Waals surface area (Å²) in [5.41, 5.74) is 2.58. The van der Waals surface area contributed by atoms with Crippen molar-refractivity contribution in [3.8, 4) is 11.5 Å². The zero-order valence-corrected chi connectivity index (χ0v) is 15.3. The molecule has 0 aliphatic carbocycles. The predicted octanol–water partition coefficient (Wildman–Crippen LogP) is 2.52. The fourth-order valence-electron chi connectivity index (χ4n) is 3.54. The van der Waals surface area contributed by atoms with Crippen LogP contribution in [0.3, 0.4) is 0 Å². The number of aromatic nitrogens is 5. The molecule has 0 radical (unpaired) electrons. The molecule has 1 atom stereocenters. The number of aryl methyl sites for hydroxylation is 1. The minimum absolute atomic E-state index is 0.121. The van der Waals surface area contributed by atoms with Gasteiger partial charge in [-0.25, -0.2) is 15.0 Å². The molecular weight excluding hydrogens is 340 g/mol. The Hall–Kier alpha value is -3.09. The second-order valence-electron chi connectivity index (χ2n) is 6.84. The van der Waals surface area contributed by atoms with Crippen LogP contribution in [0.2, 0.25) is 0 Å². The maximum Gasteiger partial charge on any atom is 0.228 e. The molecule has 0 aromatic carbocycles. The molecule has 0 spiro atoms. The number of carbonyl (C=O) groups excluding carboxylic acids is 1. The highest BCUT2D eigenvalue weighted by Gasteiger charge is 2.26. The Morgan fingerprint density at radius 2 is 2.19 bits per heavy atom. The summed E-state index contributed by atoms with van der Waals surface area (Å²) in [6.45, 7) is 3.36. The molecule has 4 heterocycles. The fraction of sp³-hybridized carbons (Fsp3) is 0.350. The first-order valence-corrected chi connectivity index (χ1v) is 9.22. The number of piperidine rings is 1. The molecular formula is C20H22N6O. The second kappa shape index (κ2) is 7.65. The van der Waals surface area contributed by atoms with Crippen LogP contribution in [-0.4, -0.2) is 48.8 Å². The predicted molar refractivity (Wildman–Crippen MR) is 101 cm³/mol. The van der Waals surface area contributed by atoms with Gasteiger partial charge in [-0.2, -0.15) is 0 Å². The number of amides is 1. The van der Waals surface area contributed by atoms with Crippen molar-refractivity contribution in [1.29, 1.82) is 0 Å². The molecule has 27 heavy (non-hydrogen) atoms. The third-order valence-electron chi connectivity index (χ3n) is 4.85. The monoisotopic (exact) mass is 362 g/mol. The van der Waals surface area contributed by atoms with E-state index in [1.54, 1.807) is 18.6 Å². The third-order valence-corrected chi connectivity index (χ3v) is 4.85. The van der Waals surface area contributed by atoms with Crippen LogP contribution in [0, 0.1) is 6.92 Å². The van der Waals surface area contributed by atoms with Gasteiger partial charge in [-0.05, 0) is 38.0 Å². The molecule has 3 aromatic heterocycles. The molecule has 3 aromatic rings. The van der Waals surface area contributed by atoms with Gasteiger partial charge in [0.15, 0.2) is 5.82 Å². The topological polar surface area (TPSA) is 87.7 Å². The lowest BCUT2D eigenvalue weighted by molar-refractivity contribution is -0.131. The van der Waals surface area contributed by atoms with E-state index in [1.165, 1.54) is 0 Å². The van der Waals surface area contributed by atoms with Gasteiger partial charge in [0.2, 0.25) is 5.91 Å². The Morgan fingerprint density at radius 1 is 1.26 bits per heavy atom. The Kier molecular flexibility index (Phi) is 4.91. The standard InChI is InChI=1S/C20H22N6O/c1-14-24-17(12-18(25-14)20-22-8-9-23-20)15-5-4-10-26(13-15)19(27)11-16-6-2-3-7-21-16/h2-3,6-9,12,15H,4-5,10-11,13H2,1H3,(H,22,23)/t15-/m0/s1. The average Bonchev–Trinajstić information content (AvgIpc) is 3.23. The number of nitrogens with zero attached hydrogens (tertiary/aromatic N) is 5. The summed E-state index contributed by atoms with van der Waals surface area (Å²) in [7, 11) is 0. The Labute approximate surface area is 157 Å². The molecule has 7 nitrogen and oxygen atoms in total. The van der Waals surface area contributed by atoms with Crippen molar-refractivity contribution in [2.45, 2.75) is 32.1 Å². The summed E-state index contributed by atoms with van der Waals surface area (Å²) in [5, 5.41) is 0. The number of aromatic amines is 1. The third kappa shape index (κ3) is 4.02. The molecule has 1 N–H and O–H groups in total. The minimum Gasteiger partial charge on any atom is -0.343 e. The summed E-state index contributed by atoms with van der Waals surface area (Å²) in [4.78, 5) is 35.4. The molecule has 1 aliphatic heterocycles. The number of pyridine rings is 1. The van der Waals surface area contributed by atoms with E-state index in [9.17, 15) is 4.79 Å². The molecule has 7 heteroatoms. The van der Waals surface area contributed by atoms with Gasteiger partial charge in [-0.1, -0.05) is 6.07 Å². The molecule has 1 amide bonds. The summed E-state index contributed by atoms with van der Waals surface area (Å²) in [5.74, 6) is 1.79. The van der Waals surface area contributed by atoms with E-state index in [0.717, 1.165) is 48.1 Å². The van der Waals surface area contributed by atoms with Gasteiger partial charge < -0.3 is 9.88 Å². The quantitative estimate of drug-likeness (QED) is 0.770. The lowest BCUT2D eigenvalue weighted by Crippen LogP contribution is -2.40. The molecule has 1 aliphatic rings. The number of carbonyl (C=O) groups is 1. The van der Waals surface area contributed by atoms with E-state index in [2.05, 4.69) is 24.9 Å². The summed E-state index contributed by atoms with van der Waals surface area (Å²) >= 11 is 0. The number of imidazole rings is 1. The van der Waals surface area contributed by atoms with Gasteiger partial charge >= 0.3 is 0 Å². The zero-order valence-electron chi connectivity index (χ0n) is 15.3. The van der Waals surface area contributed by atoms with Crippen molar-refractivity contribution in [1.82, 2.24) is 29.8 Å². The van der Waals surface area contributed by atoms with E-state index in [1.807, 2.05) is 36.1 Å². The average molecular weight is 362 g/mol. The zero-order chi connectivity index (χ0) is 18.6. The van der Waals surface area contributed by atoms with Crippen LogP contribution in [0.4, 0.5) is 0 Å². The van der Waals surface area contributed by atoms with Crippen LogP contribution in [0.15, 0.2) is 42.9 Å². The Balaban J connectivity index is 1.50. The van der Waals surface area contributed by atoms with Gasteiger partial charge in [0.1, 0.15) is 11.5 Å². The first-order chi connectivity index (χ1) is 13.2. The minimum atomic E-state index is 0.121. The van der Waals surface area contributed by atoms with Crippen LogP contribution in [-0.2, 0) is 11.2 Å². The van der Waals surface area contributed by atoms with E-state index < -0.39 is 0 Å². The normalized spacial score (nSPS) is 17.1. The number of likely N-dealkylation sites (tertiary alicyclic amines) is 1. The van der Waals surface area contributed by atoms with E-state index in [0.29, 0.717) is 13.0 Å². The highest BCUT2D eigenvalue weighted by Crippen LogP contribution is 2.28. The maximum absolute atomic E-state index is 12.7. The molecule has 0 unspecified atom stereocenters. The van der Waals surface area contributed by atoms with Gasteiger partial charge in [0.05, 0.1) is 6.42 Å². The number of H-pyrrole nitrogens is 1. The molecule has 4 rings (SSSR count). The Bertz CT molecular complexity index is 909. The number of hydrogen-bond donors (Lipinski definition) is 1. The molecule has 0 saturated carbocycles. The van der Waals surface area contributed by atoms with Crippen LogP contribution in [0.1, 0.15) is 36.0 Å². The van der Waals surface area contributed by atoms with E-state index >= 15 is 0 Å². The molecule has 0 bridgehead atoms. The molecule has 1 saturated heterocycles. The van der Waals surface area contributed by atoms with Crippen LogP contribution in [0.5, 0.6) is 0 Å². The van der Waals surface area contributed by atoms with Gasteiger partial charge in [-0.3, -0.25) is 9.78 Å². The van der Waals surface area contributed by atoms with E-state index in [-0.39, 0.29) is 11.8 Å². The van der Waals surface area contributed by atoms with Crippen LogP contribution in [0.25, 0.3) is 11.5 Å². The second-order valence-corrected chi connectivity index (χ2v) is 6.84. The summed E-state index contributed by atoms with van der Waals surface area (Å²) in [6, 6.07) is 7.65. The van der Waals surface area contributed by atoms with Crippen molar-refractivity contribution in [3.05, 3.63) is 60.1 Å². The van der Waals surface area contributed by atoms with Crippen molar-refractivity contribution < 1.29 is 4.79 Å². The fourth-order valence-corrected chi connectivity index (χ4v) is 3.54. The van der Waals surface area contributed by atoms with Crippen molar-refractivity contribution >= 4 is 5.91 Å². The Morgan fingerprint density at radius 3 is 2.96 bits per heavy atom. The molecule has 138 valence electrons. The maximum atomic E-state index is 12.7. The highest BCUT2D eigenvalue weighted by molar-refractivity contribution is 5.78. The van der Waals surface area contributed by atoms with Gasteiger partial charge in [0, 0.05) is 49.0 Å². The smallest absolute Gasteiger partial charge is 0.228 e. The lowest BCUT2D eigenvalue weighted by Gasteiger charge is -2.32. The highest BCUT2D eigenvalue weighted by atomic mass is 16.2. The van der Waals surface area contributed by atoms with Gasteiger partial charge in [-0.15, -0.1) is 0 Å². The first kappa shape index (κ1) is 17.3. The number of hydrogen-bond acceptors (Lipinski definition) is 5. The first-order valence-electron chi connectivity index (χ1n) is 9.22. The van der Waals surface area contributed by atoms with Crippen LogP contribution >= 0.6 is 0 Å². The summed E-state index contributed by atoms with van der Waals surface area (Å²) < 4.78 is 0. The van der Waals surface area contributed by atoms with Crippen molar-refractivity contribution in [2.75, 3.05) is 13.1 Å². The number of rotatable bonds is 4. The van der Waals surface area contributed by atoms with Crippen molar-refractivity contribution in [3.63, 3.8) is 0 Å². The SMILES string of the molecule is Cc1nc(-c2ncc[nH]2)cc([C@H]2CCCN(C(=O)Cc3ccccn3)C2)n1. The largest absolute Gasteiger partial charge is 0.343 e. The van der Waals surface area contributed by atoms with E-state index in [4.69, 9.17) is 0 Å². The lowest BCUT2D eigenvalue weighted by atomic mass is 9.93. The number of nitrogens with one attached hydrogen (secondary N) is 1. The van der Waals surface area contributed by atoms with Crippen LogP contribution < -0.4 is 0 Å². The van der Waals surface area contributed by atoms with Crippen molar-refractivity contribution in [2.24, 2.45) is 0 Å². The van der Waals surface area contributed by atoms with Gasteiger partial charge in [0.25, 0.3) is 0 Å². The molecule has 1 fully saturated rings. The summed E-state index contributed by atoms with van der Waals surface area (Å²) in [6.07, 6.45) is 7.55.